The van der Waals surface area contributed by atoms with Gasteiger partial charge in [-0.1, -0.05) is 18.9 Å². The van der Waals surface area contributed by atoms with Crippen LogP contribution in [0.15, 0.2) is 18.2 Å². The Labute approximate surface area is 84.7 Å². The summed E-state index contributed by atoms with van der Waals surface area (Å²) in [4.78, 5) is 4.25. The second-order valence-corrected chi connectivity index (χ2v) is 4.34. The molecule has 3 N–H and O–H groups in total. The van der Waals surface area contributed by atoms with Crippen molar-refractivity contribution in [3.8, 4) is 0 Å². The van der Waals surface area contributed by atoms with Crippen LogP contribution in [0.4, 0.5) is 11.6 Å². The average molecular weight is 191 g/mol. The maximum Gasteiger partial charge on any atom is 0.128 e. The zero-order valence-electron chi connectivity index (χ0n) is 8.59. The van der Waals surface area contributed by atoms with Crippen LogP contribution in [0.1, 0.15) is 32.6 Å². The molecule has 0 atom stereocenters. The number of pyridine rings is 1. The Morgan fingerprint density at radius 3 is 2.71 bits per heavy atom. The van der Waals surface area contributed by atoms with Crippen LogP contribution in [0, 0.1) is 0 Å². The quantitative estimate of drug-likeness (QED) is 0.754. The van der Waals surface area contributed by atoms with E-state index in [-0.39, 0.29) is 5.54 Å². The van der Waals surface area contributed by atoms with E-state index in [0.717, 1.165) is 5.82 Å². The second kappa shape index (κ2) is 3.48. The van der Waals surface area contributed by atoms with Crippen LogP contribution >= 0.6 is 0 Å². The Balaban J connectivity index is 2.10. The van der Waals surface area contributed by atoms with Crippen molar-refractivity contribution in [1.29, 1.82) is 0 Å². The molecule has 1 aromatic rings. The molecular formula is C11H17N3. The van der Waals surface area contributed by atoms with Crippen LogP contribution in [0.2, 0.25) is 0 Å². The van der Waals surface area contributed by atoms with Gasteiger partial charge < -0.3 is 11.1 Å². The maximum atomic E-state index is 5.62. The van der Waals surface area contributed by atoms with E-state index in [2.05, 4.69) is 17.2 Å². The lowest BCUT2D eigenvalue weighted by molar-refractivity contribution is 0.531. The van der Waals surface area contributed by atoms with Crippen molar-refractivity contribution in [2.75, 3.05) is 11.1 Å². The molecule has 3 nitrogen and oxygen atoms in total. The van der Waals surface area contributed by atoms with Crippen molar-refractivity contribution in [3.05, 3.63) is 18.2 Å². The number of rotatable bonds is 2. The molecule has 0 saturated heterocycles. The maximum absolute atomic E-state index is 5.62. The van der Waals surface area contributed by atoms with Crippen LogP contribution < -0.4 is 11.1 Å². The van der Waals surface area contributed by atoms with Gasteiger partial charge in [-0.25, -0.2) is 4.98 Å². The monoisotopic (exact) mass is 191 g/mol. The first-order valence-corrected chi connectivity index (χ1v) is 5.19. The smallest absolute Gasteiger partial charge is 0.128 e. The highest BCUT2D eigenvalue weighted by Gasteiger charge is 2.28. The van der Waals surface area contributed by atoms with Crippen LogP contribution in [-0.2, 0) is 0 Å². The van der Waals surface area contributed by atoms with Gasteiger partial charge in [0.05, 0.1) is 0 Å². The Kier molecular flexibility index (Phi) is 2.32. The SMILES string of the molecule is CC1(Nc2cccc(N)n2)CCCC1. The highest BCUT2D eigenvalue weighted by molar-refractivity contribution is 5.44. The van der Waals surface area contributed by atoms with Crippen molar-refractivity contribution in [1.82, 2.24) is 4.98 Å². The first-order valence-electron chi connectivity index (χ1n) is 5.19. The lowest BCUT2D eigenvalue weighted by Gasteiger charge is -2.25. The number of anilines is 2. The molecule has 1 fully saturated rings. The van der Waals surface area contributed by atoms with E-state index < -0.39 is 0 Å². The first kappa shape index (κ1) is 9.31. The molecule has 1 aromatic heterocycles. The molecule has 1 saturated carbocycles. The third-order valence-corrected chi connectivity index (χ3v) is 2.91. The summed E-state index contributed by atoms with van der Waals surface area (Å²) < 4.78 is 0. The fourth-order valence-corrected chi connectivity index (χ4v) is 2.11. The molecule has 0 radical (unpaired) electrons. The normalized spacial score (nSPS) is 19.5. The van der Waals surface area contributed by atoms with Crippen molar-refractivity contribution < 1.29 is 0 Å². The molecule has 14 heavy (non-hydrogen) atoms. The predicted molar refractivity (Wildman–Crippen MR) is 59.1 cm³/mol. The van der Waals surface area contributed by atoms with Gasteiger partial charge in [0.25, 0.3) is 0 Å². The molecular weight excluding hydrogens is 174 g/mol. The van der Waals surface area contributed by atoms with Gasteiger partial charge in [-0.2, -0.15) is 0 Å². The predicted octanol–water partition coefficient (Wildman–Crippen LogP) is 2.41. The number of nitrogens with two attached hydrogens (primary N) is 1. The summed E-state index contributed by atoms with van der Waals surface area (Å²) in [5.74, 6) is 1.48. The number of aromatic nitrogens is 1. The van der Waals surface area contributed by atoms with Gasteiger partial charge in [0.2, 0.25) is 0 Å². The van der Waals surface area contributed by atoms with Crippen molar-refractivity contribution in [2.45, 2.75) is 38.1 Å². The lowest BCUT2D eigenvalue weighted by atomic mass is 10.0. The minimum atomic E-state index is 0.223. The molecule has 0 amide bonds. The third kappa shape index (κ3) is 1.97. The fourth-order valence-electron chi connectivity index (χ4n) is 2.11. The van der Waals surface area contributed by atoms with Gasteiger partial charge in [-0.15, -0.1) is 0 Å². The Bertz CT molecular complexity index is 316. The van der Waals surface area contributed by atoms with Gasteiger partial charge >= 0.3 is 0 Å². The van der Waals surface area contributed by atoms with Crippen molar-refractivity contribution >= 4 is 11.6 Å². The summed E-state index contributed by atoms with van der Waals surface area (Å²) in [5, 5.41) is 3.47. The lowest BCUT2D eigenvalue weighted by Crippen LogP contribution is -2.31. The zero-order valence-corrected chi connectivity index (χ0v) is 8.59. The summed E-state index contributed by atoms with van der Waals surface area (Å²) in [6, 6.07) is 5.71. The molecule has 0 aliphatic heterocycles. The van der Waals surface area contributed by atoms with E-state index in [9.17, 15) is 0 Å². The minimum absolute atomic E-state index is 0.223. The number of nitrogens with zero attached hydrogens (tertiary/aromatic N) is 1. The van der Waals surface area contributed by atoms with E-state index in [1.807, 2.05) is 18.2 Å². The van der Waals surface area contributed by atoms with E-state index in [1.54, 1.807) is 0 Å². The van der Waals surface area contributed by atoms with Gasteiger partial charge in [0.15, 0.2) is 0 Å². The Morgan fingerprint density at radius 2 is 2.07 bits per heavy atom. The van der Waals surface area contributed by atoms with E-state index in [4.69, 9.17) is 5.73 Å². The molecule has 2 rings (SSSR count). The largest absolute Gasteiger partial charge is 0.384 e. The highest BCUT2D eigenvalue weighted by atomic mass is 15.1. The van der Waals surface area contributed by atoms with Gasteiger partial charge in [-0.05, 0) is 31.9 Å². The second-order valence-electron chi connectivity index (χ2n) is 4.34. The average Bonchev–Trinajstić information content (AvgIpc) is 2.51. The third-order valence-electron chi connectivity index (χ3n) is 2.91. The van der Waals surface area contributed by atoms with Crippen LogP contribution in [-0.4, -0.2) is 10.5 Å². The number of hydrogen-bond donors (Lipinski definition) is 2. The highest BCUT2D eigenvalue weighted by Crippen LogP contribution is 2.31. The minimum Gasteiger partial charge on any atom is -0.384 e. The van der Waals surface area contributed by atoms with E-state index >= 15 is 0 Å². The molecule has 1 aliphatic carbocycles. The molecule has 0 bridgehead atoms. The number of nitrogens with one attached hydrogen (secondary N) is 1. The van der Waals surface area contributed by atoms with Gasteiger partial charge in [-0.3, -0.25) is 0 Å². The van der Waals surface area contributed by atoms with Crippen LogP contribution in [0.25, 0.3) is 0 Å². The first-order chi connectivity index (χ1) is 6.68. The Hall–Kier alpha value is -1.25. The summed E-state index contributed by atoms with van der Waals surface area (Å²) in [7, 11) is 0. The molecule has 1 heterocycles. The van der Waals surface area contributed by atoms with Crippen LogP contribution in [0.3, 0.4) is 0 Å². The molecule has 0 spiro atoms. The van der Waals surface area contributed by atoms with Crippen molar-refractivity contribution in [2.24, 2.45) is 0 Å². The summed E-state index contributed by atoms with van der Waals surface area (Å²) in [5.41, 5.74) is 5.85. The molecule has 0 unspecified atom stereocenters. The topological polar surface area (TPSA) is 50.9 Å². The molecule has 0 aromatic carbocycles. The van der Waals surface area contributed by atoms with E-state index in [1.165, 1.54) is 25.7 Å². The zero-order chi connectivity index (χ0) is 10.0. The van der Waals surface area contributed by atoms with Gasteiger partial charge in [0.1, 0.15) is 11.6 Å². The number of nitrogen functional groups attached to an aromatic ring is 1. The molecule has 1 aliphatic rings. The summed E-state index contributed by atoms with van der Waals surface area (Å²) in [6.45, 7) is 2.25. The molecule has 3 heteroatoms. The van der Waals surface area contributed by atoms with Crippen LogP contribution in [0.5, 0.6) is 0 Å². The standard InChI is InChI=1S/C11H17N3/c1-11(7-2-3-8-11)14-10-6-4-5-9(12)13-10/h4-6H,2-3,7-8H2,1H3,(H3,12,13,14). The van der Waals surface area contributed by atoms with E-state index in [0.29, 0.717) is 5.82 Å². The fraction of sp³-hybridized carbons (Fsp3) is 0.545. The Morgan fingerprint density at radius 1 is 1.36 bits per heavy atom. The van der Waals surface area contributed by atoms with Gasteiger partial charge in [0, 0.05) is 5.54 Å². The summed E-state index contributed by atoms with van der Waals surface area (Å²) in [6.07, 6.45) is 5.07. The number of hydrogen-bond acceptors (Lipinski definition) is 3. The molecule has 76 valence electrons. The summed E-state index contributed by atoms with van der Waals surface area (Å²) >= 11 is 0. The van der Waals surface area contributed by atoms with Crippen molar-refractivity contribution in [3.63, 3.8) is 0 Å².